The van der Waals surface area contributed by atoms with Crippen LogP contribution in [-0.4, -0.2) is 14.9 Å². The fourth-order valence-corrected chi connectivity index (χ4v) is 2.09. The summed E-state index contributed by atoms with van der Waals surface area (Å²) in [5.41, 5.74) is 1.33. The molecule has 0 aliphatic rings. The molecule has 0 saturated carbocycles. The number of rotatable bonds is 5. The van der Waals surface area contributed by atoms with Gasteiger partial charge in [-0.3, -0.25) is 4.79 Å². The lowest BCUT2D eigenvalue weighted by Crippen LogP contribution is -2.24. The number of hydrogen-bond donors (Lipinski definition) is 1. The predicted octanol–water partition coefficient (Wildman–Crippen LogP) is 2.32. The van der Waals surface area contributed by atoms with Crippen LogP contribution in [0.25, 0.3) is 0 Å². The lowest BCUT2D eigenvalue weighted by Gasteiger charge is -2.08. The number of aromatic nitrogens is 3. The summed E-state index contributed by atoms with van der Waals surface area (Å²) in [4.78, 5) is 12.0. The molecule has 0 aliphatic carbocycles. The first kappa shape index (κ1) is 13.8. The lowest BCUT2D eigenvalue weighted by molar-refractivity contribution is 0.384. The highest BCUT2D eigenvalue weighted by atomic mass is 79.9. The molecular weight excluding hydrogens is 312 g/mol. The Hall–Kier alpha value is -1.63. The van der Waals surface area contributed by atoms with Gasteiger partial charge in [-0.2, -0.15) is 5.10 Å². The molecule has 19 heavy (non-hydrogen) atoms. The Labute approximate surface area is 118 Å². The fourth-order valence-electron chi connectivity index (χ4n) is 1.64. The minimum absolute atomic E-state index is 0.138. The van der Waals surface area contributed by atoms with Crippen LogP contribution in [-0.2, 0) is 13.1 Å². The molecule has 0 atom stereocenters. The first-order valence-corrected chi connectivity index (χ1v) is 6.82. The molecule has 102 valence electrons. The minimum atomic E-state index is -0.138. The molecule has 0 saturated heterocycles. The largest absolute Gasteiger partial charge is 0.375 e. The van der Waals surface area contributed by atoms with Gasteiger partial charge in [-0.15, -0.1) is 0 Å². The first-order chi connectivity index (χ1) is 9.11. The summed E-state index contributed by atoms with van der Waals surface area (Å²) >= 11 is 3.30. The molecule has 2 heterocycles. The second kappa shape index (κ2) is 6.01. The average Bonchev–Trinajstić information content (AvgIpc) is 2.80. The standard InChI is InChI=1S/C12H15BrN4O2/c1-3-4-17-12(18)11(13)10(7-15-17)14-6-9-5-8(2)16-19-9/h5,7,14H,3-4,6H2,1-2H3. The van der Waals surface area contributed by atoms with Crippen LogP contribution < -0.4 is 10.9 Å². The lowest BCUT2D eigenvalue weighted by atomic mass is 10.3. The van der Waals surface area contributed by atoms with Gasteiger partial charge in [-0.1, -0.05) is 12.1 Å². The Morgan fingerprint density at radius 2 is 2.32 bits per heavy atom. The number of hydrogen-bond acceptors (Lipinski definition) is 5. The maximum absolute atomic E-state index is 12.0. The van der Waals surface area contributed by atoms with Gasteiger partial charge in [0.05, 0.1) is 24.1 Å². The van der Waals surface area contributed by atoms with Crippen molar-refractivity contribution in [3.05, 3.63) is 38.5 Å². The second-order valence-corrected chi connectivity index (χ2v) is 4.98. The summed E-state index contributed by atoms with van der Waals surface area (Å²) in [5, 5.41) is 11.0. The van der Waals surface area contributed by atoms with Crippen molar-refractivity contribution in [2.75, 3.05) is 5.32 Å². The van der Waals surface area contributed by atoms with Gasteiger partial charge in [0, 0.05) is 12.6 Å². The van der Waals surface area contributed by atoms with Crippen LogP contribution in [0.1, 0.15) is 24.8 Å². The smallest absolute Gasteiger partial charge is 0.283 e. The zero-order chi connectivity index (χ0) is 13.8. The molecule has 0 aromatic carbocycles. The quantitative estimate of drug-likeness (QED) is 0.912. The number of nitrogens with one attached hydrogen (secondary N) is 1. The molecule has 0 spiro atoms. The fraction of sp³-hybridized carbons (Fsp3) is 0.417. The van der Waals surface area contributed by atoms with E-state index in [1.54, 1.807) is 6.20 Å². The summed E-state index contributed by atoms with van der Waals surface area (Å²) in [6, 6.07) is 1.84. The van der Waals surface area contributed by atoms with Gasteiger partial charge in [-0.25, -0.2) is 4.68 Å². The van der Waals surface area contributed by atoms with E-state index in [9.17, 15) is 4.79 Å². The second-order valence-electron chi connectivity index (χ2n) is 4.19. The van der Waals surface area contributed by atoms with Crippen LogP contribution >= 0.6 is 15.9 Å². The average molecular weight is 327 g/mol. The molecule has 2 rings (SSSR count). The van der Waals surface area contributed by atoms with Crippen molar-refractivity contribution >= 4 is 21.6 Å². The third kappa shape index (κ3) is 3.23. The molecule has 2 aromatic heterocycles. The highest BCUT2D eigenvalue weighted by Crippen LogP contribution is 2.17. The maximum Gasteiger partial charge on any atom is 0.283 e. The zero-order valence-corrected chi connectivity index (χ0v) is 12.4. The van der Waals surface area contributed by atoms with E-state index in [0.29, 0.717) is 29.0 Å². The van der Waals surface area contributed by atoms with Crippen molar-refractivity contribution in [3.8, 4) is 0 Å². The highest BCUT2D eigenvalue weighted by molar-refractivity contribution is 9.10. The molecule has 0 aliphatic heterocycles. The topological polar surface area (TPSA) is 73.0 Å². The molecule has 2 aromatic rings. The first-order valence-electron chi connectivity index (χ1n) is 6.03. The van der Waals surface area contributed by atoms with Crippen molar-refractivity contribution in [2.45, 2.75) is 33.4 Å². The normalized spacial score (nSPS) is 10.7. The van der Waals surface area contributed by atoms with Crippen LogP contribution in [0.5, 0.6) is 0 Å². The Kier molecular flexibility index (Phi) is 4.36. The van der Waals surface area contributed by atoms with Gasteiger partial charge in [0.1, 0.15) is 4.47 Å². The van der Waals surface area contributed by atoms with Crippen molar-refractivity contribution in [1.29, 1.82) is 0 Å². The summed E-state index contributed by atoms with van der Waals surface area (Å²) in [6.45, 7) is 4.92. The van der Waals surface area contributed by atoms with E-state index < -0.39 is 0 Å². The Bertz CT molecular complexity index is 620. The van der Waals surface area contributed by atoms with E-state index >= 15 is 0 Å². The zero-order valence-electron chi connectivity index (χ0n) is 10.8. The van der Waals surface area contributed by atoms with E-state index in [0.717, 1.165) is 12.1 Å². The maximum atomic E-state index is 12.0. The summed E-state index contributed by atoms with van der Waals surface area (Å²) in [7, 11) is 0. The molecule has 0 radical (unpaired) electrons. The SMILES string of the molecule is CCCn1ncc(NCc2cc(C)no2)c(Br)c1=O. The molecule has 0 unspecified atom stereocenters. The van der Waals surface area contributed by atoms with Crippen LogP contribution in [0.2, 0.25) is 0 Å². The summed E-state index contributed by atoms with van der Waals surface area (Å²) < 4.78 is 7.00. The van der Waals surface area contributed by atoms with Gasteiger partial charge in [0.2, 0.25) is 0 Å². The van der Waals surface area contributed by atoms with Crippen LogP contribution in [0.4, 0.5) is 5.69 Å². The van der Waals surface area contributed by atoms with Crippen molar-refractivity contribution in [2.24, 2.45) is 0 Å². The number of halogens is 1. The predicted molar refractivity (Wildman–Crippen MR) is 75.1 cm³/mol. The summed E-state index contributed by atoms with van der Waals surface area (Å²) in [6.07, 6.45) is 2.49. The molecule has 6 nitrogen and oxygen atoms in total. The molecule has 0 bridgehead atoms. The molecule has 7 heteroatoms. The number of anilines is 1. The van der Waals surface area contributed by atoms with Crippen molar-refractivity contribution < 1.29 is 4.52 Å². The Balaban J connectivity index is 2.13. The third-order valence-electron chi connectivity index (χ3n) is 2.55. The number of aryl methyl sites for hydroxylation is 2. The van der Waals surface area contributed by atoms with Gasteiger partial charge < -0.3 is 9.84 Å². The van der Waals surface area contributed by atoms with E-state index in [4.69, 9.17) is 4.52 Å². The third-order valence-corrected chi connectivity index (χ3v) is 3.32. The summed E-state index contributed by atoms with van der Waals surface area (Å²) in [5.74, 6) is 0.710. The van der Waals surface area contributed by atoms with Gasteiger partial charge in [0.15, 0.2) is 5.76 Å². The molecular formula is C12H15BrN4O2. The van der Waals surface area contributed by atoms with Crippen molar-refractivity contribution in [1.82, 2.24) is 14.9 Å². The minimum Gasteiger partial charge on any atom is -0.375 e. The van der Waals surface area contributed by atoms with Gasteiger partial charge in [0.25, 0.3) is 5.56 Å². The van der Waals surface area contributed by atoms with E-state index in [2.05, 4.69) is 31.5 Å². The Morgan fingerprint density at radius 3 is 2.95 bits per heavy atom. The molecule has 0 fully saturated rings. The van der Waals surface area contributed by atoms with Gasteiger partial charge >= 0.3 is 0 Å². The highest BCUT2D eigenvalue weighted by Gasteiger charge is 2.09. The van der Waals surface area contributed by atoms with Crippen LogP contribution in [0.15, 0.2) is 26.1 Å². The van der Waals surface area contributed by atoms with E-state index in [-0.39, 0.29) is 5.56 Å². The molecule has 0 amide bonds. The van der Waals surface area contributed by atoms with Crippen LogP contribution in [0.3, 0.4) is 0 Å². The molecule has 1 N–H and O–H groups in total. The van der Waals surface area contributed by atoms with E-state index in [1.165, 1.54) is 4.68 Å². The van der Waals surface area contributed by atoms with E-state index in [1.807, 2.05) is 19.9 Å². The van der Waals surface area contributed by atoms with Crippen molar-refractivity contribution in [3.63, 3.8) is 0 Å². The Morgan fingerprint density at radius 1 is 1.53 bits per heavy atom. The van der Waals surface area contributed by atoms with Gasteiger partial charge in [-0.05, 0) is 29.3 Å². The number of nitrogens with zero attached hydrogens (tertiary/aromatic N) is 3. The monoisotopic (exact) mass is 326 g/mol. The van der Waals surface area contributed by atoms with Crippen LogP contribution in [0, 0.1) is 6.92 Å².